The molecular formula is C7H15NO3. The number of unbranched alkanes of at least 4 members (excludes halogenated alkanes) is 1. The number of hydrogen-bond donors (Lipinski definition) is 1. The number of ether oxygens (including phenoxy) is 1. The minimum absolute atomic E-state index is 0.219. The lowest BCUT2D eigenvalue weighted by Crippen LogP contribution is -2.14. The van der Waals surface area contributed by atoms with E-state index in [1.54, 1.807) is 14.2 Å². The highest BCUT2D eigenvalue weighted by molar-refractivity contribution is 5.68. The summed E-state index contributed by atoms with van der Waals surface area (Å²) < 4.78 is 4.82. The predicted octanol–water partition coefficient (Wildman–Crippen LogP) is 0.481. The van der Waals surface area contributed by atoms with Gasteiger partial charge < -0.3 is 9.57 Å². The van der Waals surface area contributed by atoms with Crippen molar-refractivity contribution in [2.45, 2.75) is 19.3 Å². The zero-order valence-corrected chi connectivity index (χ0v) is 7.05. The van der Waals surface area contributed by atoms with Crippen molar-refractivity contribution < 1.29 is 14.4 Å². The molecule has 0 fully saturated rings. The Morgan fingerprint density at radius 1 is 1.45 bits per heavy atom. The number of hydrogen-bond acceptors (Lipinski definition) is 4. The van der Waals surface area contributed by atoms with Crippen molar-refractivity contribution in [1.29, 1.82) is 0 Å². The maximum absolute atomic E-state index is 10.7. The molecule has 11 heavy (non-hydrogen) atoms. The summed E-state index contributed by atoms with van der Waals surface area (Å²) in [6, 6.07) is 0. The van der Waals surface area contributed by atoms with Gasteiger partial charge in [-0.15, -0.1) is 0 Å². The molecular weight excluding hydrogens is 146 g/mol. The average molecular weight is 161 g/mol. The van der Waals surface area contributed by atoms with Crippen LogP contribution in [0.5, 0.6) is 0 Å². The number of rotatable bonds is 6. The first-order valence-corrected chi connectivity index (χ1v) is 3.66. The second-order valence-corrected chi connectivity index (χ2v) is 2.13. The fraction of sp³-hybridized carbons (Fsp3) is 0.857. The van der Waals surface area contributed by atoms with Gasteiger partial charge in [0.25, 0.3) is 0 Å². The molecule has 0 aromatic carbocycles. The van der Waals surface area contributed by atoms with Crippen LogP contribution in [0.1, 0.15) is 19.3 Å². The van der Waals surface area contributed by atoms with Crippen LogP contribution < -0.4 is 5.48 Å². The summed E-state index contributed by atoms with van der Waals surface area (Å²) in [6.45, 7) is 0.701. The maximum atomic E-state index is 10.7. The van der Waals surface area contributed by atoms with Gasteiger partial charge in [-0.3, -0.25) is 4.79 Å². The summed E-state index contributed by atoms with van der Waals surface area (Å²) in [4.78, 5) is 15.2. The highest BCUT2D eigenvalue weighted by Crippen LogP contribution is 1.96. The van der Waals surface area contributed by atoms with Gasteiger partial charge in [-0.2, -0.15) is 5.48 Å². The van der Waals surface area contributed by atoms with Crippen LogP contribution in [0.15, 0.2) is 0 Å². The van der Waals surface area contributed by atoms with Crippen LogP contribution in [0.4, 0.5) is 0 Å². The minimum Gasteiger partial charge on any atom is -0.385 e. The molecule has 0 aromatic heterocycles. The van der Waals surface area contributed by atoms with Crippen LogP contribution in [0.3, 0.4) is 0 Å². The normalized spacial score (nSPS) is 9.64. The van der Waals surface area contributed by atoms with Crippen molar-refractivity contribution in [3.63, 3.8) is 0 Å². The van der Waals surface area contributed by atoms with Gasteiger partial charge in [-0.25, -0.2) is 0 Å². The second kappa shape index (κ2) is 7.50. The number of carbonyl (C=O) groups excluding carboxylic acids is 1. The molecule has 1 N–H and O–H groups in total. The molecule has 66 valence electrons. The zero-order chi connectivity index (χ0) is 8.53. The zero-order valence-electron chi connectivity index (χ0n) is 7.05. The van der Waals surface area contributed by atoms with Crippen molar-refractivity contribution in [2.75, 3.05) is 20.8 Å². The molecule has 0 atom stereocenters. The SMILES string of the molecule is CNOC(=O)CCCCOC. The van der Waals surface area contributed by atoms with Gasteiger partial charge in [0.15, 0.2) is 0 Å². The summed E-state index contributed by atoms with van der Waals surface area (Å²) in [5.74, 6) is -0.219. The minimum atomic E-state index is -0.219. The Bertz CT molecular complexity index is 106. The molecule has 0 spiro atoms. The predicted molar refractivity (Wildman–Crippen MR) is 40.9 cm³/mol. The van der Waals surface area contributed by atoms with E-state index in [0.29, 0.717) is 13.0 Å². The van der Waals surface area contributed by atoms with Crippen molar-refractivity contribution >= 4 is 5.97 Å². The van der Waals surface area contributed by atoms with Crippen LogP contribution in [-0.4, -0.2) is 26.7 Å². The third-order valence-electron chi connectivity index (χ3n) is 1.20. The standard InChI is InChI=1S/C7H15NO3/c1-8-11-7(9)5-3-4-6-10-2/h8H,3-6H2,1-2H3. The summed E-state index contributed by atoms with van der Waals surface area (Å²) in [6.07, 6.45) is 2.16. The van der Waals surface area contributed by atoms with Crippen molar-refractivity contribution in [2.24, 2.45) is 0 Å². The van der Waals surface area contributed by atoms with Crippen molar-refractivity contribution in [1.82, 2.24) is 5.48 Å². The van der Waals surface area contributed by atoms with Crippen LogP contribution in [0.2, 0.25) is 0 Å². The fourth-order valence-corrected chi connectivity index (χ4v) is 0.681. The number of methoxy groups -OCH3 is 1. The molecule has 0 aliphatic carbocycles. The van der Waals surface area contributed by atoms with Gasteiger partial charge in [0.1, 0.15) is 0 Å². The highest BCUT2D eigenvalue weighted by atomic mass is 16.7. The summed E-state index contributed by atoms with van der Waals surface area (Å²) in [5.41, 5.74) is 2.33. The Morgan fingerprint density at radius 3 is 2.73 bits per heavy atom. The Morgan fingerprint density at radius 2 is 2.18 bits per heavy atom. The van der Waals surface area contributed by atoms with E-state index < -0.39 is 0 Å². The quantitative estimate of drug-likeness (QED) is 0.454. The van der Waals surface area contributed by atoms with E-state index in [0.717, 1.165) is 12.8 Å². The first-order valence-electron chi connectivity index (χ1n) is 3.66. The summed E-state index contributed by atoms with van der Waals surface area (Å²) in [7, 11) is 3.21. The van der Waals surface area contributed by atoms with E-state index in [4.69, 9.17) is 4.74 Å². The van der Waals surface area contributed by atoms with Gasteiger partial charge in [0, 0.05) is 27.2 Å². The summed E-state index contributed by atoms with van der Waals surface area (Å²) >= 11 is 0. The third kappa shape index (κ3) is 7.29. The van der Waals surface area contributed by atoms with Gasteiger partial charge >= 0.3 is 5.97 Å². The smallest absolute Gasteiger partial charge is 0.324 e. The topological polar surface area (TPSA) is 47.6 Å². The van der Waals surface area contributed by atoms with Crippen LogP contribution in [-0.2, 0) is 14.4 Å². The van der Waals surface area contributed by atoms with Crippen molar-refractivity contribution in [3.8, 4) is 0 Å². The van der Waals surface area contributed by atoms with Gasteiger partial charge in [-0.05, 0) is 12.8 Å². The second-order valence-electron chi connectivity index (χ2n) is 2.13. The van der Waals surface area contributed by atoms with Gasteiger partial charge in [0.2, 0.25) is 0 Å². The Kier molecular flexibility index (Phi) is 7.08. The van der Waals surface area contributed by atoms with E-state index in [-0.39, 0.29) is 5.97 Å². The van der Waals surface area contributed by atoms with E-state index >= 15 is 0 Å². The molecule has 0 heterocycles. The van der Waals surface area contributed by atoms with Gasteiger partial charge in [-0.1, -0.05) is 0 Å². The molecule has 0 bridgehead atoms. The fourth-order valence-electron chi connectivity index (χ4n) is 0.681. The molecule has 0 aromatic rings. The average Bonchev–Trinajstić information content (AvgIpc) is 1.99. The van der Waals surface area contributed by atoms with Gasteiger partial charge in [0.05, 0.1) is 0 Å². The molecule has 0 amide bonds. The first-order chi connectivity index (χ1) is 5.31. The molecule has 4 nitrogen and oxygen atoms in total. The molecule has 4 heteroatoms. The molecule has 0 unspecified atom stereocenters. The van der Waals surface area contributed by atoms with E-state index in [1.165, 1.54) is 0 Å². The molecule has 0 saturated heterocycles. The van der Waals surface area contributed by atoms with E-state index in [2.05, 4.69) is 10.3 Å². The lowest BCUT2D eigenvalue weighted by molar-refractivity contribution is -0.150. The number of carbonyl (C=O) groups is 1. The first kappa shape index (κ1) is 10.4. The number of hydroxylamine groups is 1. The van der Waals surface area contributed by atoms with E-state index in [9.17, 15) is 4.79 Å². The monoisotopic (exact) mass is 161 g/mol. The largest absolute Gasteiger partial charge is 0.385 e. The summed E-state index contributed by atoms with van der Waals surface area (Å²) in [5, 5.41) is 0. The van der Waals surface area contributed by atoms with E-state index in [1.807, 2.05) is 0 Å². The van der Waals surface area contributed by atoms with Crippen LogP contribution in [0, 0.1) is 0 Å². The highest BCUT2D eigenvalue weighted by Gasteiger charge is 1.99. The van der Waals surface area contributed by atoms with Crippen LogP contribution in [0.25, 0.3) is 0 Å². The molecule has 0 radical (unpaired) electrons. The molecule has 0 rings (SSSR count). The molecule has 0 aliphatic heterocycles. The Hall–Kier alpha value is -0.610. The lowest BCUT2D eigenvalue weighted by Gasteiger charge is -2.00. The lowest BCUT2D eigenvalue weighted by atomic mass is 10.2. The molecule has 0 saturated carbocycles. The van der Waals surface area contributed by atoms with Crippen LogP contribution >= 0.6 is 0 Å². The molecule has 0 aliphatic rings. The third-order valence-corrected chi connectivity index (χ3v) is 1.20. The van der Waals surface area contributed by atoms with Crippen molar-refractivity contribution in [3.05, 3.63) is 0 Å². The Labute approximate surface area is 66.8 Å². The Balaban J connectivity index is 3.04. The maximum Gasteiger partial charge on any atom is 0.324 e. The number of nitrogens with one attached hydrogen (secondary N) is 1.